The molecule has 0 saturated heterocycles. The van der Waals surface area contributed by atoms with Crippen molar-refractivity contribution < 1.29 is 14.3 Å². The lowest BCUT2D eigenvalue weighted by Crippen LogP contribution is -2.42. The van der Waals surface area contributed by atoms with Crippen LogP contribution in [0.3, 0.4) is 0 Å². The van der Waals surface area contributed by atoms with Crippen LogP contribution < -0.4 is 31.4 Å². The molecule has 0 radical (unpaired) electrons. The molecule has 1 amide bonds. The zero-order valence-electron chi connectivity index (χ0n) is 23.5. The molecule has 10 heteroatoms. The molecular weight excluding hydrogens is 510 g/mol. The molecule has 210 valence electrons. The molecule has 0 aliphatic carbocycles. The average molecular weight is 546 g/mol. The van der Waals surface area contributed by atoms with Crippen molar-refractivity contribution in [3.63, 3.8) is 0 Å². The van der Waals surface area contributed by atoms with E-state index in [2.05, 4.69) is 4.98 Å². The minimum Gasteiger partial charge on any atom is -0.493 e. The molecule has 0 atom stereocenters. The fourth-order valence-electron chi connectivity index (χ4n) is 4.66. The van der Waals surface area contributed by atoms with E-state index in [1.807, 2.05) is 51.1 Å². The summed E-state index contributed by atoms with van der Waals surface area (Å²) >= 11 is 0. The molecule has 4 rings (SSSR count). The number of nitrogen functional groups attached to an aromatic ring is 1. The number of hydrogen-bond donors (Lipinski definition) is 2. The topological polar surface area (TPSA) is 133 Å². The van der Waals surface area contributed by atoms with Crippen molar-refractivity contribution in [1.82, 2.24) is 14.5 Å². The number of fused-ring (bicyclic) bond motifs is 1. The first-order chi connectivity index (χ1) is 19.2. The van der Waals surface area contributed by atoms with Crippen LogP contribution in [0.25, 0.3) is 22.2 Å². The predicted molar refractivity (Wildman–Crippen MR) is 157 cm³/mol. The van der Waals surface area contributed by atoms with Crippen LogP contribution in [-0.2, 0) is 6.54 Å². The highest BCUT2D eigenvalue weighted by molar-refractivity contribution is 6.15. The van der Waals surface area contributed by atoms with Gasteiger partial charge in [0, 0.05) is 24.0 Å². The highest BCUT2D eigenvalue weighted by atomic mass is 16.5. The summed E-state index contributed by atoms with van der Waals surface area (Å²) in [5, 5.41) is 0.625. The number of H-pyrrole nitrogens is 1. The Morgan fingerprint density at radius 1 is 1.07 bits per heavy atom. The second-order valence-corrected chi connectivity index (χ2v) is 9.95. The number of aromatic amines is 1. The molecular formula is C30H35N5O5. The van der Waals surface area contributed by atoms with Crippen molar-refractivity contribution in [3.05, 3.63) is 74.9 Å². The Morgan fingerprint density at radius 3 is 2.48 bits per heavy atom. The van der Waals surface area contributed by atoms with Crippen LogP contribution >= 0.6 is 0 Å². The number of nitrogens with zero attached hydrogens (tertiary/aromatic N) is 3. The molecule has 2 aromatic heterocycles. The van der Waals surface area contributed by atoms with Crippen molar-refractivity contribution in [3.8, 4) is 22.8 Å². The third-order valence-electron chi connectivity index (χ3n) is 6.64. The largest absolute Gasteiger partial charge is 0.493 e. The van der Waals surface area contributed by atoms with Gasteiger partial charge in [0.15, 0.2) is 17.2 Å². The molecule has 4 aromatic rings. The van der Waals surface area contributed by atoms with Gasteiger partial charge in [-0.05, 0) is 42.7 Å². The third-order valence-corrected chi connectivity index (χ3v) is 6.64. The number of anilines is 2. The molecule has 0 bridgehead atoms. The van der Waals surface area contributed by atoms with Gasteiger partial charge in [-0.25, -0.2) is 9.78 Å². The van der Waals surface area contributed by atoms with Crippen molar-refractivity contribution in [2.45, 2.75) is 40.2 Å². The van der Waals surface area contributed by atoms with Gasteiger partial charge in [0.25, 0.3) is 11.5 Å². The lowest BCUT2D eigenvalue weighted by Gasteiger charge is -2.27. The zero-order valence-corrected chi connectivity index (χ0v) is 23.5. The van der Waals surface area contributed by atoms with Gasteiger partial charge in [0.05, 0.1) is 31.0 Å². The van der Waals surface area contributed by atoms with E-state index in [0.29, 0.717) is 46.6 Å². The number of benzene rings is 2. The van der Waals surface area contributed by atoms with Crippen LogP contribution in [0.5, 0.6) is 11.5 Å². The van der Waals surface area contributed by atoms with Gasteiger partial charge in [-0.2, -0.15) is 0 Å². The molecule has 0 saturated carbocycles. The number of aromatic nitrogens is 3. The molecule has 3 N–H and O–H groups in total. The average Bonchev–Trinajstić information content (AvgIpc) is 2.94. The summed E-state index contributed by atoms with van der Waals surface area (Å²) in [6.45, 7) is 6.42. The first-order valence-corrected chi connectivity index (χ1v) is 13.3. The Hall–Kier alpha value is -4.60. The van der Waals surface area contributed by atoms with E-state index >= 15 is 0 Å². The van der Waals surface area contributed by atoms with E-state index in [1.54, 1.807) is 32.4 Å². The number of para-hydroxylation sites is 1. The fourth-order valence-corrected chi connectivity index (χ4v) is 4.66. The number of unbranched alkanes of at least 4 members (excludes halogenated alkanes) is 1. The van der Waals surface area contributed by atoms with Crippen LogP contribution in [0.2, 0.25) is 0 Å². The number of carbonyl (C=O) groups excluding carboxylic acids is 1. The highest BCUT2D eigenvalue weighted by Gasteiger charge is 2.28. The van der Waals surface area contributed by atoms with Gasteiger partial charge < -0.3 is 20.1 Å². The molecule has 0 unspecified atom stereocenters. The summed E-state index contributed by atoms with van der Waals surface area (Å²) in [6.07, 6.45) is 1.52. The number of hydrogen-bond acceptors (Lipinski definition) is 7. The van der Waals surface area contributed by atoms with E-state index in [9.17, 15) is 14.4 Å². The number of nitrogens with two attached hydrogens (primary N) is 1. The maximum Gasteiger partial charge on any atom is 0.330 e. The maximum absolute atomic E-state index is 14.4. The van der Waals surface area contributed by atoms with Gasteiger partial charge in [0.2, 0.25) is 0 Å². The number of nitrogens with one attached hydrogen (secondary N) is 1. The minimum atomic E-state index is -0.706. The lowest BCUT2D eigenvalue weighted by molar-refractivity contribution is 0.0985. The Balaban J connectivity index is 1.93. The Kier molecular flexibility index (Phi) is 8.57. The first-order valence-electron chi connectivity index (χ1n) is 13.3. The summed E-state index contributed by atoms with van der Waals surface area (Å²) in [7, 11) is 3.11. The highest BCUT2D eigenvalue weighted by Crippen LogP contribution is 2.34. The van der Waals surface area contributed by atoms with Gasteiger partial charge in [0.1, 0.15) is 5.82 Å². The normalized spacial score (nSPS) is 11.2. The molecule has 0 aliphatic heterocycles. The van der Waals surface area contributed by atoms with Crippen molar-refractivity contribution in [1.29, 1.82) is 0 Å². The summed E-state index contributed by atoms with van der Waals surface area (Å²) in [4.78, 5) is 48.6. The van der Waals surface area contributed by atoms with E-state index in [1.165, 1.54) is 9.47 Å². The summed E-state index contributed by atoms with van der Waals surface area (Å²) in [5.41, 5.74) is 7.30. The predicted octanol–water partition coefficient (Wildman–Crippen LogP) is 4.45. The summed E-state index contributed by atoms with van der Waals surface area (Å²) < 4.78 is 12.2. The zero-order chi connectivity index (χ0) is 29.0. The van der Waals surface area contributed by atoms with Crippen molar-refractivity contribution in [2.75, 3.05) is 31.4 Å². The number of amides is 1. The van der Waals surface area contributed by atoms with E-state index in [4.69, 9.17) is 20.2 Å². The van der Waals surface area contributed by atoms with Crippen LogP contribution in [-0.4, -0.2) is 41.2 Å². The van der Waals surface area contributed by atoms with E-state index in [-0.39, 0.29) is 24.0 Å². The maximum atomic E-state index is 14.4. The van der Waals surface area contributed by atoms with Gasteiger partial charge >= 0.3 is 5.69 Å². The number of pyridine rings is 1. The Labute approximate surface area is 232 Å². The van der Waals surface area contributed by atoms with Gasteiger partial charge in [-0.15, -0.1) is 0 Å². The fraction of sp³-hybridized carbons (Fsp3) is 0.333. The number of rotatable bonds is 10. The Bertz CT molecular complexity index is 1660. The van der Waals surface area contributed by atoms with Crippen molar-refractivity contribution in [2.24, 2.45) is 5.92 Å². The number of ether oxygens (including phenoxy) is 2. The molecule has 0 fully saturated rings. The first kappa shape index (κ1) is 28.4. The van der Waals surface area contributed by atoms with E-state index < -0.39 is 17.2 Å². The van der Waals surface area contributed by atoms with Crippen LogP contribution in [0.15, 0.2) is 58.1 Å². The third kappa shape index (κ3) is 5.56. The van der Waals surface area contributed by atoms with Gasteiger partial charge in [-0.3, -0.25) is 19.1 Å². The molecule has 2 aromatic carbocycles. The minimum absolute atomic E-state index is 0.00260. The quantitative estimate of drug-likeness (QED) is 0.301. The standard InChI is InChI=1S/C30H35N5O5/c1-6-7-14-34-27(31)26(28(36)33-30(34)38)35(17-18(2)3)29(37)21-16-23(32-22-11-9-8-10-20(21)22)19-12-13-24(39-4)25(15-19)40-5/h8-13,15-16,18H,6-7,14,17,31H2,1-5H3,(H,33,36,38). The molecule has 40 heavy (non-hydrogen) atoms. The van der Waals surface area contributed by atoms with Crippen LogP contribution in [0.4, 0.5) is 11.5 Å². The number of carbonyl (C=O) groups is 1. The van der Waals surface area contributed by atoms with Crippen molar-refractivity contribution >= 4 is 28.3 Å². The van der Waals surface area contributed by atoms with Crippen LogP contribution in [0.1, 0.15) is 44.0 Å². The molecule has 10 nitrogen and oxygen atoms in total. The van der Waals surface area contributed by atoms with Crippen LogP contribution in [0, 0.1) is 5.92 Å². The summed E-state index contributed by atoms with van der Waals surface area (Å²) in [5.74, 6) is 0.635. The SMILES string of the molecule is CCCCn1c(N)c(N(CC(C)C)C(=O)c2cc(-c3ccc(OC)c(OC)c3)nc3ccccc23)c(=O)[nH]c1=O. The van der Waals surface area contributed by atoms with E-state index in [0.717, 1.165) is 12.0 Å². The molecule has 0 spiro atoms. The Morgan fingerprint density at radius 2 is 1.80 bits per heavy atom. The second kappa shape index (κ2) is 12.1. The molecule has 2 heterocycles. The number of methoxy groups -OCH3 is 2. The second-order valence-electron chi connectivity index (χ2n) is 9.95. The summed E-state index contributed by atoms with van der Waals surface area (Å²) in [6, 6.07) is 14.4. The monoisotopic (exact) mass is 545 g/mol. The van der Waals surface area contributed by atoms with Gasteiger partial charge in [-0.1, -0.05) is 45.4 Å². The molecule has 0 aliphatic rings. The lowest BCUT2D eigenvalue weighted by atomic mass is 10.0. The smallest absolute Gasteiger partial charge is 0.330 e.